The lowest BCUT2D eigenvalue weighted by atomic mass is 10.0. The molecule has 1 aromatic carbocycles. The van der Waals surface area contributed by atoms with Crippen LogP contribution >= 0.6 is 11.3 Å². The highest BCUT2D eigenvalue weighted by Gasteiger charge is 2.24. The third-order valence-electron chi connectivity index (χ3n) is 5.05. The van der Waals surface area contributed by atoms with Gasteiger partial charge in [-0.3, -0.25) is 9.59 Å². The molecule has 2 amide bonds. The summed E-state index contributed by atoms with van der Waals surface area (Å²) in [6.07, 6.45) is 7.69. The summed E-state index contributed by atoms with van der Waals surface area (Å²) in [5.74, 6) is -0.446. The van der Waals surface area contributed by atoms with E-state index in [1.165, 1.54) is 30.7 Å². The van der Waals surface area contributed by atoms with Crippen molar-refractivity contribution in [3.63, 3.8) is 0 Å². The summed E-state index contributed by atoms with van der Waals surface area (Å²) < 4.78 is 18.0. The number of amides is 2. The number of piperidine rings is 1. The number of halogens is 1. The quantitative estimate of drug-likeness (QED) is 0.610. The Balaban J connectivity index is 1.27. The minimum atomic E-state index is -0.260. The molecule has 1 N–H and O–H groups in total. The van der Waals surface area contributed by atoms with Crippen molar-refractivity contribution < 1.29 is 18.4 Å². The lowest BCUT2D eigenvalue weighted by Gasteiger charge is -2.32. The molecule has 4 rings (SSSR count). The first-order valence-corrected chi connectivity index (χ1v) is 10.6. The normalized spacial score (nSPS) is 14.9. The van der Waals surface area contributed by atoms with Gasteiger partial charge in [-0.25, -0.2) is 4.39 Å². The van der Waals surface area contributed by atoms with Crippen LogP contribution < -0.4 is 5.32 Å². The zero-order valence-electron chi connectivity index (χ0n) is 16.2. The molecule has 1 saturated heterocycles. The minimum absolute atomic E-state index is 0.0388. The van der Waals surface area contributed by atoms with Gasteiger partial charge in [0.1, 0.15) is 12.1 Å². The molecule has 30 heavy (non-hydrogen) atoms. The Kier molecular flexibility index (Phi) is 6.09. The average molecular weight is 424 g/mol. The fourth-order valence-corrected chi connectivity index (χ4v) is 4.33. The van der Waals surface area contributed by atoms with Crippen LogP contribution in [0.4, 0.5) is 4.39 Å². The Hall–Kier alpha value is -3.19. The van der Waals surface area contributed by atoms with Gasteiger partial charge in [-0.15, -0.1) is 11.3 Å². The molecule has 3 aromatic rings. The lowest BCUT2D eigenvalue weighted by Crippen LogP contribution is -2.46. The van der Waals surface area contributed by atoms with Crippen LogP contribution in [0.1, 0.15) is 28.1 Å². The summed E-state index contributed by atoms with van der Waals surface area (Å²) in [5, 5.41) is 3.01. The van der Waals surface area contributed by atoms with E-state index in [9.17, 15) is 14.0 Å². The highest BCUT2D eigenvalue weighted by atomic mass is 32.1. The van der Waals surface area contributed by atoms with Gasteiger partial charge in [0.25, 0.3) is 5.91 Å². The van der Waals surface area contributed by atoms with Crippen LogP contribution in [0.5, 0.6) is 0 Å². The second-order valence-corrected chi connectivity index (χ2v) is 8.24. The Bertz CT molecular complexity index is 1030. The Morgan fingerprint density at radius 2 is 1.87 bits per heavy atom. The molecule has 0 atom stereocenters. The Morgan fingerprint density at radius 1 is 1.10 bits per heavy atom. The number of hydrogen-bond donors (Lipinski definition) is 1. The van der Waals surface area contributed by atoms with Crippen molar-refractivity contribution in [2.45, 2.75) is 18.9 Å². The number of rotatable bonds is 5. The zero-order valence-corrected chi connectivity index (χ0v) is 17.0. The third kappa shape index (κ3) is 4.86. The molecular formula is C23H21FN2O3S. The molecule has 3 heterocycles. The summed E-state index contributed by atoms with van der Waals surface area (Å²) in [6, 6.07) is 12.0. The number of nitrogens with one attached hydrogen (secondary N) is 1. The largest absolute Gasteiger partial charge is 0.472 e. The van der Waals surface area contributed by atoms with E-state index in [4.69, 9.17) is 4.42 Å². The topological polar surface area (TPSA) is 62.6 Å². The molecule has 1 aliphatic heterocycles. The molecule has 154 valence electrons. The molecule has 5 nitrogen and oxygen atoms in total. The molecule has 0 unspecified atom stereocenters. The van der Waals surface area contributed by atoms with Crippen LogP contribution in [-0.4, -0.2) is 35.8 Å². The number of carbonyl (C=O) groups is 2. The second kappa shape index (κ2) is 9.09. The van der Waals surface area contributed by atoms with Crippen LogP contribution in [0, 0.1) is 5.82 Å². The number of carbonyl (C=O) groups excluding carboxylic acids is 2. The van der Waals surface area contributed by atoms with E-state index < -0.39 is 0 Å². The molecule has 0 bridgehead atoms. The van der Waals surface area contributed by atoms with Gasteiger partial charge in [-0.1, -0.05) is 12.1 Å². The molecule has 0 spiro atoms. The first kappa shape index (κ1) is 20.1. The fourth-order valence-electron chi connectivity index (χ4n) is 3.41. The van der Waals surface area contributed by atoms with E-state index in [0.717, 1.165) is 28.2 Å². The number of furan rings is 1. The molecule has 1 aliphatic rings. The van der Waals surface area contributed by atoms with Crippen molar-refractivity contribution in [2.24, 2.45) is 0 Å². The molecule has 2 aromatic heterocycles. The summed E-state index contributed by atoms with van der Waals surface area (Å²) in [4.78, 5) is 28.3. The summed E-state index contributed by atoms with van der Waals surface area (Å²) >= 11 is 1.54. The summed E-state index contributed by atoms with van der Waals surface area (Å²) in [5.41, 5.74) is 1.50. The minimum Gasteiger partial charge on any atom is -0.472 e. The predicted octanol–water partition coefficient (Wildman–Crippen LogP) is 4.58. The second-order valence-electron chi connectivity index (χ2n) is 7.13. The number of benzene rings is 1. The Morgan fingerprint density at radius 3 is 2.57 bits per heavy atom. The summed E-state index contributed by atoms with van der Waals surface area (Å²) in [6.45, 7) is 1.20. The van der Waals surface area contributed by atoms with E-state index >= 15 is 0 Å². The molecule has 0 aliphatic carbocycles. The molecule has 0 saturated carbocycles. The van der Waals surface area contributed by atoms with E-state index in [1.54, 1.807) is 40.5 Å². The maximum atomic E-state index is 13.1. The fraction of sp³-hybridized carbons (Fsp3) is 0.217. The molecule has 1 fully saturated rings. The Labute approximate surface area is 177 Å². The van der Waals surface area contributed by atoms with Crippen LogP contribution in [0.15, 0.2) is 65.5 Å². The number of hydrogen-bond acceptors (Lipinski definition) is 4. The number of thiophene rings is 1. The van der Waals surface area contributed by atoms with Gasteiger partial charge in [0.05, 0.1) is 11.8 Å². The van der Waals surface area contributed by atoms with E-state index in [2.05, 4.69) is 5.32 Å². The van der Waals surface area contributed by atoms with E-state index in [0.29, 0.717) is 18.7 Å². The van der Waals surface area contributed by atoms with Gasteiger partial charge < -0.3 is 14.6 Å². The third-order valence-corrected chi connectivity index (χ3v) is 6.15. The van der Waals surface area contributed by atoms with Crippen molar-refractivity contribution in [1.29, 1.82) is 0 Å². The highest BCUT2D eigenvalue weighted by Crippen LogP contribution is 2.29. The van der Waals surface area contributed by atoms with Crippen LogP contribution in [-0.2, 0) is 4.79 Å². The van der Waals surface area contributed by atoms with Crippen molar-refractivity contribution in [2.75, 3.05) is 13.1 Å². The first-order valence-electron chi connectivity index (χ1n) is 9.74. The van der Waals surface area contributed by atoms with Crippen LogP contribution in [0.25, 0.3) is 16.5 Å². The zero-order chi connectivity index (χ0) is 20.9. The predicted molar refractivity (Wildman–Crippen MR) is 115 cm³/mol. The number of nitrogens with zero attached hydrogens (tertiary/aromatic N) is 1. The number of likely N-dealkylation sites (tertiary alicyclic amines) is 1. The molecular weight excluding hydrogens is 403 g/mol. The van der Waals surface area contributed by atoms with E-state index in [-0.39, 0.29) is 23.7 Å². The van der Waals surface area contributed by atoms with Gasteiger partial charge in [0, 0.05) is 35.0 Å². The van der Waals surface area contributed by atoms with Gasteiger partial charge in [-0.05, 0) is 54.8 Å². The van der Waals surface area contributed by atoms with Gasteiger partial charge in [0.2, 0.25) is 5.91 Å². The van der Waals surface area contributed by atoms with E-state index in [1.807, 2.05) is 12.1 Å². The molecule has 0 radical (unpaired) electrons. The SMILES string of the molecule is O=C(/C=C/c1ccc(-c2ccc(F)cc2)s1)NC1CCN(C(=O)c2ccoc2)CC1. The maximum Gasteiger partial charge on any atom is 0.257 e. The lowest BCUT2D eigenvalue weighted by molar-refractivity contribution is -0.117. The van der Waals surface area contributed by atoms with Gasteiger partial charge >= 0.3 is 0 Å². The smallest absolute Gasteiger partial charge is 0.257 e. The van der Waals surface area contributed by atoms with Crippen LogP contribution in [0.2, 0.25) is 0 Å². The maximum absolute atomic E-state index is 13.1. The average Bonchev–Trinajstić information content (AvgIpc) is 3.45. The summed E-state index contributed by atoms with van der Waals surface area (Å²) in [7, 11) is 0. The molecule has 7 heteroatoms. The van der Waals surface area contributed by atoms with Crippen molar-refractivity contribution in [3.8, 4) is 10.4 Å². The van der Waals surface area contributed by atoms with Gasteiger partial charge in [-0.2, -0.15) is 0 Å². The highest BCUT2D eigenvalue weighted by molar-refractivity contribution is 7.16. The van der Waals surface area contributed by atoms with Crippen molar-refractivity contribution in [1.82, 2.24) is 10.2 Å². The monoisotopic (exact) mass is 424 g/mol. The van der Waals surface area contributed by atoms with Crippen LogP contribution in [0.3, 0.4) is 0 Å². The van der Waals surface area contributed by atoms with Crippen molar-refractivity contribution in [3.05, 3.63) is 77.3 Å². The first-order chi connectivity index (χ1) is 14.6. The standard InChI is InChI=1S/C23H21FN2O3S/c24-18-3-1-16(2-4-18)21-7-5-20(30-21)6-8-22(27)25-19-9-12-26(13-10-19)23(28)17-11-14-29-15-17/h1-8,11,14-15,19H,9-10,12-13H2,(H,25,27)/b8-6+. The van der Waals surface area contributed by atoms with Gasteiger partial charge in [0.15, 0.2) is 0 Å². The van der Waals surface area contributed by atoms with Crippen molar-refractivity contribution >= 4 is 29.2 Å².